The molecular weight excluding hydrogens is 508 g/mol. The molecule has 0 spiro atoms. The van der Waals surface area contributed by atoms with Gasteiger partial charge >= 0.3 is 0 Å². The number of aromatic nitrogens is 2. The van der Waals surface area contributed by atoms with Crippen LogP contribution in [0, 0.1) is 11.3 Å². The van der Waals surface area contributed by atoms with Gasteiger partial charge in [0, 0.05) is 43.2 Å². The Kier molecular flexibility index (Phi) is 7.77. The second-order valence-electron chi connectivity index (χ2n) is 12.5. The first-order valence-electron chi connectivity index (χ1n) is 14.8. The Morgan fingerprint density at radius 2 is 1.98 bits per heavy atom. The molecule has 2 aromatic rings. The molecule has 2 amide bonds. The van der Waals surface area contributed by atoms with Gasteiger partial charge in [0.15, 0.2) is 11.6 Å². The van der Waals surface area contributed by atoms with Crippen molar-refractivity contribution >= 4 is 34.3 Å². The highest BCUT2D eigenvalue weighted by Gasteiger charge is 2.66. The lowest BCUT2D eigenvalue weighted by molar-refractivity contribution is -0.139. The van der Waals surface area contributed by atoms with Crippen molar-refractivity contribution in [3.05, 3.63) is 23.4 Å². The van der Waals surface area contributed by atoms with E-state index in [4.69, 9.17) is 4.74 Å². The summed E-state index contributed by atoms with van der Waals surface area (Å²) in [6.45, 7) is 9.79. The summed E-state index contributed by atoms with van der Waals surface area (Å²) >= 11 is 0. The highest BCUT2D eigenvalue weighted by atomic mass is 16.5. The average molecular weight is 551 g/mol. The van der Waals surface area contributed by atoms with Crippen molar-refractivity contribution < 1.29 is 23.9 Å². The lowest BCUT2D eigenvalue weighted by atomic mass is 9.95. The van der Waals surface area contributed by atoms with E-state index in [1.807, 2.05) is 32.9 Å². The number of Topliss-reactive ketones (excluding diaryl/α,β-unsaturated/α-hetero) is 2. The van der Waals surface area contributed by atoms with Crippen LogP contribution in [0.2, 0.25) is 0 Å². The number of hydrogen-bond donors (Lipinski definition) is 1. The molecule has 216 valence electrons. The third kappa shape index (κ3) is 5.39. The highest BCUT2D eigenvalue weighted by molar-refractivity contribution is 6.06. The minimum absolute atomic E-state index is 0.0359. The van der Waals surface area contributed by atoms with Crippen LogP contribution < -0.4 is 10.1 Å². The summed E-state index contributed by atoms with van der Waals surface area (Å²) in [5, 5.41) is 8.47. The van der Waals surface area contributed by atoms with Crippen molar-refractivity contribution in [2.45, 2.75) is 111 Å². The first kappa shape index (κ1) is 28.3. The van der Waals surface area contributed by atoms with Gasteiger partial charge in [-0.15, -0.1) is 0 Å². The maximum atomic E-state index is 13.9. The van der Waals surface area contributed by atoms with E-state index < -0.39 is 6.04 Å². The van der Waals surface area contributed by atoms with E-state index >= 15 is 0 Å². The fourth-order valence-corrected chi connectivity index (χ4v) is 6.82. The molecule has 9 heteroatoms. The topological polar surface area (TPSA) is 111 Å². The van der Waals surface area contributed by atoms with E-state index in [0.717, 1.165) is 43.2 Å². The van der Waals surface area contributed by atoms with Crippen molar-refractivity contribution in [2.75, 3.05) is 6.54 Å². The SMILES string of the molecule is CCC(=O)[C@@H]1C[C@]23CNC(=O)C[C@H](C)CCCCc4cc(OC(C)C)cc5c(C(C)=O)nn(c45)CC(=O)N1[C@@H]2C3. The van der Waals surface area contributed by atoms with E-state index in [-0.39, 0.29) is 53.4 Å². The molecule has 0 unspecified atom stereocenters. The molecule has 1 aliphatic carbocycles. The molecule has 1 aromatic carbocycles. The van der Waals surface area contributed by atoms with Gasteiger partial charge in [0.05, 0.1) is 17.7 Å². The summed E-state index contributed by atoms with van der Waals surface area (Å²) in [5.74, 6) is 0.671. The number of nitrogens with one attached hydrogen (secondary N) is 1. The van der Waals surface area contributed by atoms with Gasteiger partial charge in [0.2, 0.25) is 11.8 Å². The third-order valence-corrected chi connectivity index (χ3v) is 8.88. The van der Waals surface area contributed by atoms with Crippen LogP contribution in [0.1, 0.15) is 95.6 Å². The molecule has 1 saturated carbocycles. The summed E-state index contributed by atoms with van der Waals surface area (Å²) in [7, 11) is 0. The average Bonchev–Trinajstić information content (AvgIpc) is 3.30. The minimum Gasteiger partial charge on any atom is -0.491 e. The van der Waals surface area contributed by atoms with Crippen LogP contribution in [0.15, 0.2) is 12.1 Å². The molecule has 40 heavy (non-hydrogen) atoms. The van der Waals surface area contributed by atoms with Gasteiger partial charge in [-0.1, -0.05) is 26.7 Å². The Bertz CT molecular complexity index is 1350. The fraction of sp³-hybridized carbons (Fsp3) is 0.645. The maximum Gasteiger partial charge on any atom is 0.245 e. The molecule has 1 N–H and O–H groups in total. The van der Waals surface area contributed by atoms with Gasteiger partial charge < -0.3 is 15.0 Å². The molecule has 4 atom stereocenters. The lowest BCUT2D eigenvalue weighted by Gasteiger charge is -2.26. The monoisotopic (exact) mass is 550 g/mol. The largest absolute Gasteiger partial charge is 0.491 e. The van der Waals surface area contributed by atoms with Gasteiger partial charge in [0.1, 0.15) is 18.0 Å². The molecule has 2 aliphatic heterocycles. The molecule has 3 aliphatic rings. The summed E-state index contributed by atoms with van der Waals surface area (Å²) in [6, 6.07) is 3.29. The first-order valence-corrected chi connectivity index (χ1v) is 14.8. The summed E-state index contributed by atoms with van der Waals surface area (Å²) in [5.41, 5.74) is 1.85. The number of ether oxygens (including phenoxy) is 1. The number of piperidine rings is 1. The van der Waals surface area contributed by atoms with Crippen molar-refractivity contribution in [1.29, 1.82) is 0 Å². The summed E-state index contributed by atoms with van der Waals surface area (Å²) in [4.78, 5) is 54.1. The zero-order chi connectivity index (χ0) is 28.8. The van der Waals surface area contributed by atoms with Gasteiger partial charge in [-0.3, -0.25) is 23.9 Å². The van der Waals surface area contributed by atoms with Gasteiger partial charge in [0.25, 0.3) is 0 Å². The van der Waals surface area contributed by atoms with Crippen LogP contribution in [-0.4, -0.2) is 62.8 Å². The van der Waals surface area contributed by atoms with E-state index in [1.165, 1.54) is 6.92 Å². The molecule has 0 radical (unpaired) electrons. The number of hydrogen-bond acceptors (Lipinski definition) is 6. The molecular formula is C31H42N4O5. The number of benzene rings is 1. The fourth-order valence-electron chi connectivity index (χ4n) is 6.82. The number of amides is 2. The van der Waals surface area contributed by atoms with Crippen LogP contribution in [0.5, 0.6) is 5.75 Å². The van der Waals surface area contributed by atoms with E-state index in [0.29, 0.717) is 42.6 Å². The Balaban J connectivity index is 1.58. The molecule has 2 bridgehead atoms. The first-order chi connectivity index (χ1) is 19.0. The zero-order valence-corrected chi connectivity index (χ0v) is 24.4. The van der Waals surface area contributed by atoms with Crippen LogP contribution in [0.4, 0.5) is 0 Å². The Morgan fingerprint density at radius 1 is 1.20 bits per heavy atom. The van der Waals surface area contributed by atoms with Crippen LogP contribution >= 0.6 is 0 Å². The van der Waals surface area contributed by atoms with Crippen molar-refractivity contribution in [3.63, 3.8) is 0 Å². The molecule has 2 fully saturated rings. The van der Waals surface area contributed by atoms with Crippen LogP contribution in [0.3, 0.4) is 0 Å². The number of aryl methyl sites for hydroxylation is 1. The number of ketones is 2. The quantitative estimate of drug-likeness (QED) is 0.558. The number of rotatable bonds is 5. The molecule has 9 nitrogen and oxygen atoms in total. The summed E-state index contributed by atoms with van der Waals surface area (Å²) < 4.78 is 7.71. The molecule has 5 rings (SSSR count). The molecule has 1 saturated heterocycles. The van der Waals surface area contributed by atoms with Gasteiger partial charge in [-0.25, -0.2) is 0 Å². The Morgan fingerprint density at radius 3 is 2.67 bits per heavy atom. The Labute approximate surface area is 236 Å². The van der Waals surface area contributed by atoms with Crippen LogP contribution in [0.25, 0.3) is 10.9 Å². The van der Waals surface area contributed by atoms with Gasteiger partial charge in [-0.2, -0.15) is 5.10 Å². The predicted octanol–water partition coefficient (Wildman–Crippen LogP) is 4.23. The van der Waals surface area contributed by atoms with Crippen LogP contribution in [-0.2, 0) is 27.3 Å². The third-order valence-electron chi connectivity index (χ3n) is 8.88. The zero-order valence-electron chi connectivity index (χ0n) is 24.4. The van der Waals surface area contributed by atoms with Gasteiger partial charge in [-0.05, 0) is 63.1 Å². The minimum atomic E-state index is -0.495. The number of carbonyl (C=O) groups excluding carboxylic acids is 4. The van der Waals surface area contributed by atoms with E-state index in [2.05, 4.69) is 17.3 Å². The second-order valence-corrected chi connectivity index (χ2v) is 12.5. The summed E-state index contributed by atoms with van der Waals surface area (Å²) in [6.07, 6.45) is 5.65. The van der Waals surface area contributed by atoms with Crippen molar-refractivity contribution in [1.82, 2.24) is 20.0 Å². The maximum absolute atomic E-state index is 13.9. The molecule has 1 aromatic heterocycles. The normalized spacial score (nSPS) is 27.4. The number of nitrogens with zero attached hydrogens (tertiary/aromatic N) is 3. The number of carbonyl (C=O) groups is 4. The molecule has 3 heterocycles. The van der Waals surface area contributed by atoms with E-state index in [9.17, 15) is 19.2 Å². The standard InChI is InChI=1S/C31H42N4O5/c1-6-25(37)24-14-31-15-26(31)35(24)28(39)16-34-30-21(10-8-7-9-19(4)11-27(38)32-17-31)12-22(40-18(2)3)13-23(30)29(33-34)20(5)36/h12-13,18-19,24,26H,6-11,14-17H2,1-5H3,(H,32,38)/t19-,24+,26-,31+/m1/s1. The van der Waals surface area contributed by atoms with E-state index in [1.54, 1.807) is 9.58 Å². The highest BCUT2D eigenvalue weighted by Crippen LogP contribution is 2.59. The van der Waals surface area contributed by atoms with Crippen molar-refractivity contribution in [3.8, 4) is 5.75 Å². The second kappa shape index (κ2) is 11.0. The lowest BCUT2D eigenvalue weighted by Crippen LogP contribution is -2.44. The predicted molar refractivity (Wildman–Crippen MR) is 151 cm³/mol. The smallest absolute Gasteiger partial charge is 0.245 e. The van der Waals surface area contributed by atoms with Crippen molar-refractivity contribution in [2.24, 2.45) is 11.3 Å². The Hall–Kier alpha value is -3.23.